The van der Waals surface area contributed by atoms with Gasteiger partial charge in [-0.2, -0.15) is 0 Å². The first-order chi connectivity index (χ1) is 11.6. The van der Waals surface area contributed by atoms with Gasteiger partial charge in [-0.3, -0.25) is 0 Å². The van der Waals surface area contributed by atoms with Gasteiger partial charge in [0, 0.05) is 10.9 Å². The first kappa shape index (κ1) is 17.2. The number of ether oxygens (including phenoxy) is 3. The zero-order valence-corrected chi connectivity index (χ0v) is 15.5. The molecule has 1 fully saturated rings. The van der Waals surface area contributed by atoms with Gasteiger partial charge in [-0.25, -0.2) is 4.98 Å². The van der Waals surface area contributed by atoms with E-state index in [2.05, 4.69) is 19.2 Å². The number of thiazole rings is 1. The van der Waals surface area contributed by atoms with Crippen LogP contribution < -0.4 is 14.4 Å². The lowest BCUT2D eigenvalue weighted by Gasteiger charge is -2.31. The molecule has 1 aliphatic heterocycles. The molecular formula is C18H25N2O3S+. The summed E-state index contributed by atoms with van der Waals surface area (Å²) in [5, 5.41) is 3.17. The van der Waals surface area contributed by atoms with E-state index in [-0.39, 0.29) is 0 Å². The summed E-state index contributed by atoms with van der Waals surface area (Å²) in [4.78, 5) is 6.35. The van der Waals surface area contributed by atoms with Crippen LogP contribution in [0.4, 0.5) is 0 Å². The van der Waals surface area contributed by atoms with Gasteiger partial charge in [0.05, 0.1) is 14.2 Å². The van der Waals surface area contributed by atoms with Crippen LogP contribution >= 0.6 is 11.3 Å². The van der Waals surface area contributed by atoms with E-state index in [4.69, 9.17) is 19.2 Å². The Kier molecular flexibility index (Phi) is 5.38. The van der Waals surface area contributed by atoms with Crippen LogP contribution in [0.5, 0.6) is 11.5 Å². The molecule has 2 heterocycles. The highest BCUT2D eigenvalue weighted by Crippen LogP contribution is 2.33. The number of hydrogen-bond acceptors (Lipinski definition) is 5. The summed E-state index contributed by atoms with van der Waals surface area (Å²) in [5.41, 5.74) is 2.20. The summed E-state index contributed by atoms with van der Waals surface area (Å²) in [5.74, 6) is 1.46. The summed E-state index contributed by atoms with van der Waals surface area (Å²) in [6.07, 6.45) is 0.625. The van der Waals surface area contributed by atoms with Crippen LogP contribution in [0, 0.1) is 0 Å². The molecular weight excluding hydrogens is 324 g/mol. The van der Waals surface area contributed by atoms with E-state index in [9.17, 15) is 0 Å². The van der Waals surface area contributed by atoms with Gasteiger partial charge in [0.15, 0.2) is 11.5 Å². The molecule has 0 aliphatic carbocycles. The normalized spacial score (nSPS) is 23.9. The molecule has 0 amide bonds. The van der Waals surface area contributed by atoms with Crippen molar-refractivity contribution in [1.29, 1.82) is 0 Å². The Morgan fingerprint density at radius 2 is 1.88 bits per heavy atom. The second kappa shape index (κ2) is 7.51. The molecule has 0 bridgehead atoms. The number of hydrogen-bond donors (Lipinski definition) is 1. The molecule has 0 radical (unpaired) electrons. The summed E-state index contributed by atoms with van der Waals surface area (Å²) in [6, 6.07) is 5.93. The van der Waals surface area contributed by atoms with Crippen molar-refractivity contribution in [3.63, 3.8) is 0 Å². The highest BCUT2D eigenvalue weighted by molar-refractivity contribution is 7.13. The molecule has 2 aromatic rings. The number of nitrogens with zero attached hydrogens (tertiary/aromatic N) is 1. The Balaban J connectivity index is 1.73. The lowest BCUT2D eigenvalue weighted by atomic mass is 10.2. The molecule has 2 atom stereocenters. The van der Waals surface area contributed by atoms with Crippen LogP contribution in [-0.2, 0) is 11.3 Å². The molecule has 1 N–H and O–H groups in total. The van der Waals surface area contributed by atoms with Gasteiger partial charge < -0.3 is 19.1 Å². The van der Waals surface area contributed by atoms with E-state index in [1.165, 1.54) is 4.90 Å². The maximum atomic E-state index is 5.81. The fourth-order valence-electron chi connectivity index (χ4n) is 3.28. The van der Waals surface area contributed by atoms with E-state index in [0.29, 0.717) is 12.2 Å². The zero-order chi connectivity index (χ0) is 17.1. The minimum absolute atomic E-state index is 0.313. The van der Waals surface area contributed by atoms with Crippen LogP contribution in [0.3, 0.4) is 0 Å². The van der Waals surface area contributed by atoms with Gasteiger partial charge in [0.2, 0.25) is 0 Å². The van der Waals surface area contributed by atoms with E-state index >= 15 is 0 Å². The first-order valence-electron chi connectivity index (χ1n) is 8.25. The molecule has 5 nitrogen and oxygen atoms in total. The van der Waals surface area contributed by atoms with Gasteiger partial charge in [-0.1, -0.05) is 0 Å². The van der Waals surface area contributed by atoms with Crippen LogP contribution in [0.2, 0.25) is 0 Å². The monoisotopic (exact) mass is 349 g/mol. The average Bonchev–Trinajstić information content (AvgIpc) is 3.01. The molecule has 24 heavy (non-hydrogen) atoms. The summed E-state index contributed by atoms with van der Waals surface area (Å²) >= 11 is 1.67. The molecule has 1 aromatic carbocycles. The van der Waals surface area contributed by atoms with Crippen molar-refractivity contribution < 1.29 is 19.1 Å². The SMILES string of the molecule is COc1ccc(-c2nc(C[NH+]3C[C@H](C)O[C@@H](C)C3)cs2)cc1OC. The highest BCUT2D eigenvalue weighted by atomic mass is 32.1. The van der Waals surface area contributed by atoms with Crippen LogP contribution in [0.15, 0.2) is 23.6 Å². The van der Waals surface area contributed by atoms with Crippen molar-refractivity contribution in [3.05, 3.63) is 29.3 Å². The second-order valence-electron chi connectivity index (χ2n) is 6.31. The highest BCUT2D eigenvalue weighted by Gasteiger charge is 2.26. The van der Waals surface area contributed by atoms with Gasteiger partial charge in [-0.15, -0.1) is 11.3 Å². The maximum Gasteiger partial charge on any atom is 0.161 e. The number of aromatic nitrogens is 1. The predicted octanol–water partition coefficient (Wildman–Crippen LogP) is 2.02. The molecule has 1 saturated heterocycles. The maximum absolute atomic E-state index is 5.81. The van der Waals surface area contributed by atoms with E-state index in [1.54, 1.807) is 25.6 Å². The van der Waals surface area contributed by atoms with Crippen LogP contribution in [-0.4, -0.2) is 44.5 Å². The van der Waals surface area contributed by atoms with Crippen molar-refractivity contribution in [2.45, 2.75) is 32.6 Å². The lowest BCUT2D eigenvalue weighted by molar-refractivity contribution is -0.928. The Labute approximate surface area is 147 Å². The van der Waals surface area contributed by atoms with Crippen molar-refractivity contribution in [1.82, 2.24) is 4.98 Å². The third-order valence-corrected chi connectivity index (χ3v) is 5.17. The topological polar surface area (TPSA) is 45.0 Å². The fourth-order valence-corrected chi connectivity index (χ4v) is 4.10. The minimum atomic E-state index is 0.313. The quantitative estimate of drug-likeness (QED) is 0.897. The summed E-state index contributed by atoms with van der Waals surface area (Å²) in [7, 11) is 3.30. The Bertz CT molecular complexity index is 679. The Morgan fingerprint density at radius 3 is 2.54 bits per heavy atom. The standard InChI is InChI=1S/C18H24N2O3S/c1-12-8-20(9-13(2)23-12)10-15-11-24-18(19-15)14-5-6-16(21-3)17(7-14)22-4/h5-7,11-13H,8-10H2,1-4H3/p+1/t12-,13-/m0/s1. The van der Waals surface area contributed by atoms with Gasteiger partial charge in [0.25, 0.3) is 0 Å². The third-order valence-electron chi connectivity index (χ3n) is 4.23. The number of benzene rings is 1. The van der Waals surface area contributed by atoms with Crippen LogP contribution in [0.1, 0.15) is 19.5 Å². The zero-order valence-electron chi connectivity index (χ0n) is 14.7. The largest absolute Gasteiger partial charge is 0.493 e. The second-order valence-corrected chi connectivity index (χ2v) is 7.16. The minimum Gasteiger partial charge on any atom is -0.493 e. The third kappa shape index (κ3) is 3.88. The molecule has 0 unspecified atom stereocenters. The number of nitrogens with one attached hydrogen (secondary N) is 1. The van der Waals surface area contributed by atoms with Gasteiger partial charge >= 0.3 is 0 Å². The summed E-state index contributed by atoms with van der Waals surface area (Å²) < 4.78 is 16.5. The smallest absolute Gasteiger partial charge is 0.161 e. The lowest BCUT2D eigenvalue weighted by Crippen LogP contribution is -3.14. The van der Waals surface area contributed by atoms with Crippen molar-refractivity contribution in [2.75, 3.05) is 27.3 Å². The molecule has 6 heteroatoms. The molecule has 0 saturated carbocycles. The van der Waals surface area contributed by atoms with Crippen molar-refractivity contribution in [3.8, 4) is 22.1 Å². The fraction of sp³-hybridized carbons (Fsp3) is 0.500. The van der Waals surface area contributed by atoms with Crippen molar-refractivity contribution >= 4 is 11.3 Å². The van der Waals surface area contributed by atoms with Crippen molar-refractivity contribution in [2.24, 2.45) is 0 Å². The number of methoxy groups -OCH3 is 2. The molecule has 1 aliphatic rings. The predicted molar refractivity (Wildman–Crippen MR) is 95.1 cm³/mol. The van der Waals surface area contributed by atoms with Gasteiger partial charge in [-0.05, 0) is 32.0 Å². The number of rotatable bonds is 5. The summed E-state index contributed by atoms with van der Waals surface area (Å²) in [6.45, 7) is 7.31. The number of morpholine rings is 1. The molecule has 1 aromatic heterocycles. The number of quaternary nitrogens is 1. The average molecular weight is 349 g/mol. The first-order valence-corrected chi connectivity index (χ1v) is 9.12. The van der Waals surface area contributed by atoms with E-state index in [0.717, 1.165) is 47.4 Å². The Morgan fingerprint density at radius 1 is 1.17 bits per heavy atom. The van der Waals surface area contributed by atoms with Crippen LogP contribution in [0.25, 0.3) is 10.6 Å². The molecule has 3 rings (SSSR count). The van der Waals surface area contributed by atoms with E-state index < -0.39 is 0 Å². The molecule has 130 valence electrons. The molecule has 0 spiro atoms. The van der Waals surface area contributed by atoms with E-state index in [1.807, 2.05) is 18.2 Å². The van der Waals surface area contributed by atoms with Gasteiger partial charge in [0.1, 0.15) is 42.5 Å². The Hall–Kier alpha value is -1.63.